The van der Waals surface area contributed by atoms with Crippen LogP contribution >= 0.6 is 22.7 Å². The molecule has 7 heteroatoms. The van der Waals surface area contributed by atoms with E-state index < -0.39 is 0 Å². The van der Waals surface area contributed by atoms with Gasteiger partial charge in [-0.2, -0.15) is 0 Å². The number of nitrogens with zero attached hydrogens (tertiary/aromatic N) is 3. The Morgan fingerprint density at radius 1 is 1.14 bits per heavy atom. The molecule has 0 atom stereocenters. The number of aryl methyl sites for hydroxylation is 2. The minimum Gasteiger partial charge on any atom is -0.325 e. The second kappa shape index (κ2) is 7.09. The second-order valence-electron chi connectivity index (χ2n) is 7.00. The van der Waals surface area contributed by atoms with Crippen LogP contribution in [0, 0.1) is 13.8 Å². The first-order valence-electron chi connectivity index (χ1n) is 9.25. The van der Waals surface area contributed by atoms with Gasteiger partial charge in [-0.3, -0.25) is 9.20 Å². The average Bonchev–Trinajstić information content (AvgIpc) is 3.39. The monoisotopic (exact) mass is 418 g/mol. The standard InChI is InChI=1S/C22H18N4OS2/c1-13-7-8-15(21-25-17-5-3-4-6-19(17)29-21)9-18(13)24-20(27)10-16-11-26-14(2)12-28-22(26)23-16/h3-9,11-12H,10H2,1-2H3,(H,24,27). The summed E-state index contributed by atoms with van der Waals surface area (Å²) in [5.41, 5.74) is 5.73. The number of amides is 1. The van der Waals surface area contributed by atoms with E-state index in [-0.39, 0.29) is 12.3 Å². The van der Waals surface area contributed by atoms with E-state index in [0.29, 0.717) is 0 Å². The molecule has 0 fully saturated rings. The number of imidazole rings is 1. The fraction of sp³-hybridized carbons (Fsp3) is 0.136. The zero-order valence-electron chi connectivity index (χ0n) is 16.0. The molecule has 1 amide bonds. The Kier molecular flexibility index (Phi) is 4.41. The highest BCUT2D eigenvalue weighted by atomic mass is 32.1. The van der Waals surface area contributed by atoms with Gasteiger partial charge in [0.15, 0.2) is 4.96 Å². The van der Waals surface area contributed by atoms with Crippen molar-refractivity contribution in [3.05, 3.63) is 71.0 Å². The molecule has 0 saturated heterocycles. The van der Waals surface area contributed by atoms with Gasteiger partial charge in [-0.15, -0.1) is 22.7 Å². The van der Waals surface area contributed by atoms with Gasteiger partial charge in [0.05, 0.1) is 22.3 Å². The van der Waals surface area contributed by atoms with Gasteiger partial charge in [0, 0.05) is 28.5 Å². The molecule has 0 unspecified atom stereocenters. The number of benzene rings is 2. The quantitative estimate of drug-likeness (QED) is 0.421. The number of aromatic nitrogens is 3. The van der Waals surface area contributed by atoms with Crippen LogP contribution in [0.5, 0.6) is 0 Å². The van der Waals surface area contributed by atoms with E-state index in [2.05, 4.69) is 27.8 Å². The lowest BCUT2D eigenvalue weighted by atomic mass is 10.1. The number of hydrogen-bond acceptors (Lipinski definition) is 5. The summed E-state index contributed by atoms with van der Waals surface area (Å²) in [5.74, 6) is -0.0713. The molecule has 0 spiro atoms. The molecule has 5 aromatic rings. The van der Waals surface area contributed by atoms with Crippen molar-refractivity contribution in [2.75, 3.05) is 5.32 Å². The number of anilines is 1. The molecule has 0 aliphatic heterocycles. The Morgan fingerprint density at radius 3 is 2.83 bits per heavy atom. The molecule has 0 bridgehead atoms. The SMILES string of the molecule is Cc1ccc(-c2nc3ccccc3s2)cc1NC(=O)Cc1cn2c(C)csc2n1. The van der Waals surface area contributed by atoms with Crippen LogP contribution in [0.4, 0.5) is 5.69 Å². The highest BCUT2D eigenvalue weighted by molar-refractivity contribution is 7.21. The summed E-state index contributed by atoms with van der Waals surface area (Å²) < 4.78 is 3.18. The highest BCUT2D eigenvalue weighted by Crippen LogP contribution is 2.32. The molecular weight excluding hydrogens is 400 g/mol. The zero-order valence-corrected chi connectivity index (χ0v) is 17.6. The molecule has 1 N–H and O–H groups in total. The van der Waals surface area contributed by atoms with Gasteiger partial charge in [-0.25, -0.2) is 9.97 Å². The first kappa shape index (κ1) is 18.0. The average molecular weight is 419 g/mol. The van der Waals surface area contributed by atoms with E-state index in [1.165, 1.54) is 0 Å². The summed E-state index contributed by atoms with van der Waals surface area (Å²) in [6.07, 6.45) is 2.18. The zero-order chi connectivity index (χ0) is 20.0. The fourth-order valence-electron chi connectivity index (χ4n) is 3.27. The Hall–Kier alpha value is -3.03. The van der Waals surface area contributed by atoms with E-state index in [4.69, 9.17) is 4.98 Å². The van der Waals surface area contributed by atoms with E-state index in [1.54, 1.807) is 22.7 Å². The maximum atomic E-state index is 12.6. The van der Waals surface area contributed by atoms with Gasteiger partial charge in [0.25, 0.3) is 0 Å². The third kappa shape index (κ3) is 3.43. The van der Waals surface area contributed by atoms with E-state index in [0.717, 1.165) is 48.4 Å². The molecular formula is C22H18N4OS2. The lowest BCUT2D eigenvalue weighted by molar-refractivity contribution is -0.115. The van der Waals surface area contributed by atoms with Gasteiger partial charge in [0.2, 0.25) is 5.91 Å². The normalized spacial score (nSPS) is 11.4. The van der Waals surface area contributed by atoms with Crippen molar-refractivity contribution in [2.45, 2.75) is 20.3 Å². The lowest BCUT2D eigenvalue weighted by Crippen LogP contribution is -2.15. The van der Waals surface area contributed by atoms with Crippen molar-refractivity contribution in [2.24, 2.45) is 0 Å². The van der Waals surface area contributed by atoms with E-state index in [9.17, 15) is 4.79 Å². The smallest absolute Gasteiger partial charge is 0.230 e. The number of para-hydroxylation sites is 1. The second-order valence-corrected chi connectivity index (χ2v) is 8.87. The molecule has 0 radical (unpaired) electrons. The third-order valence-electron chi connectivity index (χ3n) is 4.83. The first-order chi connectivity index (χ1) is 14.1. The number of nitrogens with one attached hydrogen (secondary N) is 1. The molecule has 5 rings (SSSR count). The van der Waals surface area contributed by atoms with Crippen molar-refractivity contribution < 1.29 is 4.79 Å². The van der Waals surface area contributed by atoms with Crippen molar-refractivity contribution in [1.29, 1.82) is 0 Å². The maximum Gasteiger partial charge on any atom is 0.230 e. The van der Waals surface area contributed by atoms with Crippen LogP contribution in [-0.4, -0.2) is 20.3 Å². The van der Waals surface area contributed by atoms with Crippen molar-refractivity contribution in [1.82, 2.24) is 14.4 Å². The van der Waals surface area contributed by atoms with Crippen LogP contribution in [0.3, 0.4) is 0 Å². The van der Waals surface area contributed by atoms with Crippen LogP contribution in [0.15, 0.2) is 54.0 Å². The summed E-state index contributed by atoms with van der Waals surface area (Å²) >= 11 is 3.24. The topological polar surface area (TPSA) is 59.3 Å². The summed E-state index contributed by atoms with van der Waals surface area (Å²) in [4.78, 5) is 22.8. The Morgan fingerprint density at radius 2 is 2.00 bits per heavy atom. The number of thiazole rings is 2. The summed E-state index contributed by atoms with van der Waals surface area (Å²) in [7, 11) is 0. The van der Waals surface area contributed by atoms with Gasteiger partial charge < -0.3 is 5.32 Å². The molecule has 3 aromatic heterocycles. The molecule has 3 heterocycles. The number of carbonyl (C=O) groups is 1. The predicted molar refractivity (Wildman–Crippen MR) is 120 cm³/mol. The molecule has 0 aliphatic carbocycles. The van der Waals surface area contributed by atoms with Crippen molar-refractivity contribution in [3.63, 3.8) is 0 Å². The molecule has 0 aliphatic rings. The van der Waals surface area contributed by atoms with Gasteiger partial charge in [-0.1, -0.05) is 24.3 Å². The Labute approximate surface area is 175 Å². The predicted octanol–water partition coefficient (Wildman–Crippen LogP) is 5.47. The Balaban J connectivity index is 1.38. The van der Waals surface area contributed by atoms with Crippen molar-refractivity contribution in [3.8, 4) is 10.6 Å². The van der Waals surface area contributed by atoms with Crippen LogP contribution in [0.2, 0.25) is 0 Å². The summed E-state index contributed by atoms with van der Waals surface area (Å²) in [6, 6.07) is 14.2. The highest BCUT2D eigenvalue weighted by Gasteiger charge is 2.13. The molecule has 5 nitrogen and oxygen atoms in total. The minimum atomic E-state index is -0.0713. The third-order valence-corrected chi connectivity index (χ3v) is 6.88. The largest absolute Gasteiger partial charge is 0.325 e. The molecule has 2 aromatic carbocycles. The number of carbonyl (C=O) groups excluding carboxylic acids is 1. The lowest BCUT2D eigenvalue weighted by Gasteiger charge is -2.09. The molecule has 29 heavy (non-hydrogen) atoms. The summed E-state index contributed by atoms with van der Waals surface area (Å²) in [5, 5.41) is 6.05. The van der Waals surface area contributed by atoms with E-state index >= 15 is 0 Å². The van der Waals surface area contributed by atoms with Crippen LogP contribution < -0.4 is 5.32 Å². The van der Waals surface area contributed by atoms with Crippen LogP contribution in [0.1, 0.15) is 17.0 Å². The van der Waals surface area contributed by atoms with Gasteiger partial charge in [-0.05, 0) is 37.6 Å². The van der Waals surface area contributed by atoms with E-state index in [1.807, 2.05) is 54.8 Å². The molecule has 0 saturated carbocycles. The first-order valence-corrected chi connectivity index (χ1v) is 10.9. The van der Waals surface area contributed by atoms with Crippen LogP contribution in [-0.2, 0) is 11.2 Å². The number of hydrogen-bond donors (Lipinski definition) is 1. The van der Waals surface area contributed by atoms with Crippen LogP contribution in [0.25, 0.3) is 25.7 Å². The van der Waals surface area contributed by atoms with Gasteiger partial charge in [0.1, 0.15) is 5.01 Å². The minimum absolute atomic E-state index is 0.0713. The fourth-order valence-corrected chi connectivity index (χ4v) is 5.10. The Bertz CT molecular complexity index is 1330. The van der Waals surface area contributed by atoms with Gasteiger partial charge >= 0.3 is 0 Å². The van der Waals surface area contributed by atoms with Crippen molar-refractivity contribution >= 4 is 49.4 Å². The number of fused-ring (bicyclic) bond motifs is 2. The maximum absolute atomic E-state index is 12.6. The number of rotatable bonds is 4. The summed E-state index contributed by atoms with van der Waals surface area (Å²) in [6.45, 7) is 4.03. The molecule has 144 valence electrons.